The molecule has 0 amide bonds. The molecule has 0 aromatic heterocycles. The third-order valence-electron chi connectivity index (χ3n) is 10.8. The molecule has 0 atom stereocenters. The van der Waals surface area contributed by atoms with Crippen LogP contribution in [0.1, 0.15) is 11.1 Å². The topological polar surface area (TPSA) is 24.9 Å². The highest BCUT2D eigenvalue weighted by Crippen LogP contribution is 2.44. The van der Waals surface area contributed by atoms with E-state index in [1.54, 1.807) is 0 Å². The van der Waals surface area contributed by atoms with E-state index in [-0.39, 0.29) is 13.4 Å². The van der Waals surface area contributed by atoms with Crippen LogP contribution < -0.4 is 52.1 Å². The van der Waals surface area contributed by atoms with Crippen LogP contribution in [0.3, 0.4) is 0 Å². The third-order valence-corrected chi connectivity index (χ3v) is 10.8. The Morgan fingerprint density at radius 3 is 1.26 bits per heavy atom. The molecule has 7 aromatic rings. The molecule has 0 N–H and O–H groups in total. The van der Waals surface area contributed by atoms with Crippen LogP contribution in [0, 0.1) is 13.8 Å². The van der Waals surface area contributed by atoms with Gasteiger partial charge in [0.15, 0.2) is 0 Å². The summed E-state index contributed by atoms with van der Waals surface area (Å²) in [7, 11) is 0. The molecule has 0 fully saturated rings. The normalized spacial score (nSPS) is 14.0. The summed E-state index contributed by atoms with van der Waals surface area (Å²) in [6, 6.07) is 52.6. The summed E-state index contributed by atoms with van der Waals surface area (Å²) in [6.07, 6.45) is 0. The first kappa shape index (κ1) is 27.8. The molecule has 7 aromatic carbocycles. The van der Waals surface area contributed by atoms with Crippen LogP contribution in [-0.4, -0.2) is 13.4 Å². The van der Waals surface area contributed by atoms with Gasteiger partial charge in [0, 0.05) is 40.2 Å². The number of aryl methyl sites for hydroxylation is 2. The smallest absolute Gasteiger partial charge is 0.256 e. The van der Waals surface area contributed by atoms with E-state index < -0.39 is 0 Å². The van der Waals surface area contributed by atoms with E-state index in [2.05, 4.69) is 169 Å². The lowest BCUT2D eigenvalue weighted by molar-refractivity contribution is 0.465. The molecule has 0 aliphatic carbocycles. The highest BCUT2D eigenvalue weighted by Gasteiger charge is 2.46. The van der Waals surface area contributed by atoms with Gasteiger partial charge >= 0.3 is 0 Å². The summed E-state index contributed by atoms with van der Waals surface area (Å²) in [5, 5.41) is 0. The van der Waals surface area contributed by atoms with Crippen LogP contribution in [0.2, 0.25) is 0 Å². The molecule has 4 heterocycles. The molecular formula is C44H30B2N2O2. The molecule has 0 spiro atoms. The first-order chi connectivity index (χ1) is 24.6. The zero-order chi connectivity index (χ0) is 33.1. The van der Waals surface area contributed by atoms with E-state index in [0.29, 0.717) is 0 Å². The van der Waals surface area contributed by atoms with Crippen LogP contribution in [-0.2, 0) is 0 Å². The van der Waals surface area contributed by atoms with Crippen molar-refractivity contribution in [3.63, 3.8) is 0 Å². The Morgan fingerprint density at radius 2 is 0.800 bits per heavy atom. The number of anilines is 6. The fourth-order valence-corrected chi connectivity index (χ4v) is 8.87. The minimum absolute atomic E-state index is 0.00403. The number of hydrogen-bond acceptors (Lipinski definition) is 4. The summed E-state index contributed by atoms with van der Waals surface area (Å²) in [5.41, 5.74) is 16.6. The van der Waals surface area contributed by atoms with Gasteiger partial charge in [0.1, 0.15) is 23.0 Å². The van der Waals surface area contributed by atoms with Gasteiger partial charge in [-0.25, -0.2) is 0 Å². The quantitative estimate of drug-likeness (QED) is 0.188. The lowest BCUT2D eigenvalue weighted by Gasteiger charge is -2.42. The Labute approximate surface area is 292 Å². The first-order valence-electron chi connectivity index (χ1n) is 17.3. The van der Waals surface area contributed by atoms with Gasteiger partial charge in [-0.15, -0.1) is 0 Å². The van der Waals surface area contributed by atoms with E-state index in [9.17, 15) is 0 Å². The van der Waals surface area contributed by atoms with Gasteiger partial charge in [0.2, 0.25) is 0 Å². The minimum Gasteiger partial charge on any atom is -0.458 e. The minimum atomic E-state index is 0.00403. The van der Waals surface area contributed by atoms with Gasteiger partial charge in [-0.3, -0.25) is 0 Å². The van der Waals surface area contributed by atoms with Crippen LogP contribution >= 0.6 is 0 Å². The number of nitrogens with zero attached hydrogens (tertiary/aromatic N) is 2. The van der Waals surface area contributed by atoms with Crippen LogP contribution in [0.5, 0.6) is 23.0 Å². The zero-order valence-corrected chi connectivity index (χ0v) is 27.7. The maximum atomic E-state index is 6.92. The SMILES string of the molecule is Cc1cc2c3c(c1)N(c1ccccc1)c1ccccc1B3c1cc3c(cc1O2)Oc1cc(C)cc2c1B3c1ccccc1N2c1ccccc1. The lowest BCUT2D eigenvalue weighted by atomic mass is 9.31. The van der Waals surface area contributed by atoms with Gasteiger partial charge in [-0.1, -0.05) is 78.9 Å². The Balaban J connectivity index is 1.16. The van der Waals surface area contributed by atoms with Gasteiger partial charge in [-0.05, 0) is 118 Å². The summed E-state index contributed by atoms with van der Waals surface area (Å²) < 4.78 is 13.8. The molecule has 0 unspecified atom stereocenters. The van der Waals surface area contributed by atoms with Gasteiger partial charge in [0.05, 0.1) is 0 Å². The molecular weight excluding hydrogens is 610 g/mol. The number of benzene rings is 7. The zero-order valence-electron chi connectivity index (χ0n) is 27.7. The van der Waals surface area contributed by atoms with E-state index in [1.165, 1.54) is 55.5 Å². The monoisotopic (exact) mass is 640 g/mol. The predicted molar refractivity (Wildman–Crippen MR) is 208 cm³/mol. The van der Waals surface area contributed by atoms with Crippen molar-refractivity contribution in [2.75, 3.05) is 9.80 Å². The summed E-state index contributed by atoms with van der Waals surface area (Å²) >= 11 is 0. The third kappa shape index (κ3) is 3.79. The van der Waals surface area contributed by atoms with Crippen molar-refractivity contribution in [3.05, 3.63) is 157 Å². The molecule has 0 bridgehead atoms. The van der Waals surface area contributed by atoms with Crippen LogP contribution in [0.15, 0.2) is 146 Å². The molecule has 0 saturated carbocycles. The van der Waals surface area contributed by atoms with Crippen molar-refractivity contribution in [1.29, 1.82) is 0 Å². The fourth-order valence-electron chi connectivity index (χ4n) is 8.87. The maximum Gasteiger partial charge on any atom is 0.256 e. The molecule has 6 heteroatoms. The summed E-state index contributed by atoms with van der Waals surface area (Å²) in [6.45, 7) is 4.31. The van der Waals surface area contributed by atoms with Crippen molar-refractivity contribution in [1.82, 2.24) is 0 Å². The highest BCUT2D eigenvalue weighted by atomic mass is 16.5. The number of hydrogen-bond donors (Lipinski definition) is 0. The Bertz CT molecular complexity index is 2380. The Kier molecular flexibility index (Phi) is 5.66. The Morgan fingerprint density at radius 1 is 0.380 bits per heavy atom. The van der Waals surface area contributed by atoms with Crippen LogP contribution in [0.4, 0.5) is 34.1 Å². The van der Waals surface area contributed by atoms with Crippen molar-refractivity contribution in [3.8, 4) is 23.0 Å². The first-order valence-corrected chi connectivity index (χ1v) is 17.3. The average Bonchev–Trinajstić information content (AvgIpc) is 3.14. The second kappa shape index (κ2) is 10.2. The number of ether oxygens (including phenoxy) is 2. The molecule has 4 nitrogen and oxygen atoms in total. The van der Waals surface area contributed by atoms with Crippen molar-refractivity contribution in [2.24, 2.45) is 0 Å². The lowest BCUT2D eigenvalue weighted by Crippen LogP contribution is -2.63. The molecule has 234 valence electrons. The number of para-hydroxylation sites is 4. The van der Waals surface area contributed by atoms with Crippen molar-refractivity contribution in [2.45, 2.75) is 13.8 Å². The molecule has 0 saturated heterocycles. The van der Waals surface area contributed by atoms with Crippen molar-refractivity contribution < 1.29 is 9.47 Å². The van der Waals surface area contributed by atoms with E-state index >= 15 is 0 Å². The summed E-state index contributed by atoms with van der Waals surface area (Å²) in [5.74, 6) is 3.52. The highest BCUT2D eigenvalue weighted by molar-refractivity contribution is 7.02. The largest absolute Gasteiger partial charge is 0.458 e. The second-order valence-corrected chi connectivity index (χ2v) is 13.8. The van der Waals surface area contributed by atoms with Crippen LogP contribution in [0.25, 0.3) is 0 Å². The Hall–Kier alpha value is -6.13. The number of fused-ring (bicyclic) bond motifs is 8. The van der Waals surface area contributed by atoms with E-state index in [4.69, 9.17) is 9.47 Å². The molecule has 4 aliphatic heterocycles. The predicted octanol–water partition coefficient (Wildman–Crippen LogP) is 7.11. The molecule has 0 radical (unpaired) electrons. The van der Waals surface area contributed by atoms with E-state index in [0.717, 1.165) is 45.5 Å². The standard InChI is InChI=1S/C44H30B2N2O2/c1-27-21-37-43-41(23-27)49-39-26-40-34(25-33(39)45(43)31-17-9-11-19-35(31)47(37)29-13-5-3-6-14-29)46-32-18-10-12-20-36(32)48(30-15-7-4-8-16-30)38-22-28(2)24-42(50-40)44(38)46/h3-26H,1-2H3. The number of rotatable bonds is 2. The van der Waals surface area contributed by atoms with Gasteiger partial charge in [-0.2, -0.15) is 0 Å². The van der Waals surface area contributed by atoms with E-state index in [1.807, 2.05) is 0 Å². The van der Waals surface area contributed by atoms with Gasteiger partial charge < -0.3 is 19.3 Å². The summed E-state index contributed by atoms with van der Waals surface area (Å²) in [4.78, 5) is 4.79. The fraction of sp³-hybridized carbons (Fsp3) is 0.0455. The van der Waals surface area contributed by atoms with Gasteiger partial charge in [0.25, 0.3) is 13.4 Å². The molecule has 50 heavy (non-hydrogen) atoms. The van der Waals surface area contributed by atoms with Crippen molar-refractivity contribution >= 4 is 80.3 Å². The second-order valence-electron chi connectivity index (χ2n) is 13.8. The molecule has 4 aliphatic rings. The maximum absolute atomic E-state index is 6.92. The molecule has 11 rings (SSSR count). The average molecular weight is 640 g/mol.